The van der Waals surface area contributed by atoms with Crippen molar-refractivity contribution in [3.05, 3.63) is 28.8 Å². The van der Waals surface area contributed by atoms with Gasteiger partial charge in [0.2, 0.25) is 0 Å². The van der Waals surface area contributed by atoms with Crippen LogP contribution in [0.5, 0.6) is 0 Å². The molecule has 1 aromatic carbocycles. The van der Waals surface area contributed by atoms with E-state index in [9.17, 15) is 0 Å². The molecule has 1 heteroatoms. The molecule has 15 heavy (non-hydrogen) atoms. The molecular formula is C14H21N. The summed E-state index contributed by atoms with van der Waals surface area (Å²) in [6, 6.07) is 4.63. The molecule has 1 aliphatic heterocycles. The number of hydrogen-bond donors (Lipinski definition) is 1. The van der Waals surface area contributed by atoms with E-state index in [4.69, 9.17) is 0 Å². The zero-order valence-corrected chi connectivity index (χ0v) is 10.3. The first-order valence-corrected chi connectivity index (χ1v) is 5.86. The molecule has 0 amide bonds. The molecule has 82 valence electrons. The van der Waals surface area contributed by atoms with Gasteiger partial charge in [0.15, 0.2) is 0 Å². The maximum Gasteiger partial charge on any atom is 0.0378 e. The van der Waals surface area contributed by atoms with Gasteiger partial charge in [0.1, 0.15) is 0 Å². The Bertz CT molecular complexity index is 372. The third-order valence-electron chi connectivity index (χ3n) is 3.12. The third-order valence-corrected chi connectivity index (χ3v) is 3.12. The van der Waals surface area contributed by atoms with Crippen molar-refractivity contribution in [1.29, 1.82) is 0 Å². The monoisotopic (exact) mass is 203 g/mol. The van der Waals surface area contributed by atoms with Crippen molar-refractivity contribution in [2.24, 2.45) is 0 Å². The Labute approximate surface area is 92.9 Å². The van der Waals surface area contributed by atoms with Crippen LogP contribution in [0.25, 0.3) is 0 Å². The second kappa shape index (κ2) is 3.55. The van der Waals surface area contributed by atoms with Crippen molar-refractivity contribution in [1.82, 2.24) is 0 Å². The van der Waals surface area contributed by atoms with E-state index in [0.717, 1.165) is 6.54 Å². The van der Waals surface area contributed by atoms with Crippen molar-refractivity contribution in [2.45, 2.75) is 46.0 Å². The van der Waals surface area contributed by atoms with Gasteiger partial charge in [0, 0.05) is 12.2 Å². The topological polar surface area (TPSA) is 12.0 Å². The van der Waals surface area contributed by atoms with Crippen LogP contribution in [0, 0.1) is 6.92 Å². The van der Waals surface area contributed by atoms with Crippen LogP contribution in [-0.2, 0) is 11.8 Å². The molecule has 0 spiro atoms. The van der Waals surface area contributed by atoms with Crippen LogP contribution in [-0.4, -0.2) is 6.54 Å². The van der Waals surface area contributed by atoms with Crippen LogP contribution in [0.3, 0.4) is 0 Å². The van der Waals surface area contributed by atoms with Gasteiger partial charge in [0.05, 0.1) is 0 Å². The molecule has 1 aliphatic rings. The highest BCUT2D eigenvalue weighted by atomic mass is 14.9. The first-order chi connectivity index (χ1) is 6.98. The number of nitrogens with one attached hydrogen (secondary N) is 1. The predicted octanol–water partition coefficient (Wildman–Crippen LogP) is 3.65. The lowest BCUT2D eigenvalue weighted by Crippen LogP contribution is -2.20. The zero-order valence-electron chi connectivity index (χ0n) is 10.3. The largest absolute Gasteiger partial charge is 0.385 e. The van der Waals surface area contributed by atoms with Crippen LogP contribution in [0.15, 0.2) is 12.1 Å². The van der Waals surface area contributed by atoms with E-state index in [1.165, 1.54) is 29.7 Å². The summed E-state index contributed by atoms with van der Waals surface area (Å²) in [5, 5.41) is 3.52. The van der Waals surface area contributed by atoms with E-state index in [-0.39, 0.29) is 5.41 Å². The van der Waals surface area contributed by atoms with Gasteiger partial charge in [-0.3, -0.25) is 0 Å². The Kier molecular flexibility index (Phi) is 2.49. The van der Waals surface area contributed by atoms with E-state index >= 15 is 0 Å². The van der Waals surface area contributed by atoms with Crippen LogP contribution < -0.4 is 5.32 Å². The predicted molar refractivity (Wildman–Crippen MR) is 66.7 cm³/mol. The van der Waals surface area contributed by atoms with Crippen LogP contribution in [0.4, 0.5) is 5.69 Å². The summed E-state index contributed by atoms with van der Waals surface area (Å²) in [4.78, 5) is 0. The number of anilines is 1. The van der Waals surface area contributed by atoms with E-state index in [2.05, 4.69) is 45.1 Å². The highest BCUT2D eigenvalue weighted by Gasteiger charge is 2.22. The first-order valence-electron chi connectivity index (χ1n) is 5.86. The summed E-state index contributed by atoms with van der Waals surface area (Å²) in [7, 11) is 0. The molecule has 0 aliphatic carbocycles. The van der Waals surface area contributed by atoms with Gasteiger partial charge < -0.3 is 5.32 Å². The molecular weight excluding hydrogens is 182 g/mol. The lowest BCUT2D eigenvalue weighted by molar-refractivity contribution is 0.578. The number of aryl methyl sites for hydroxylation is 1. The number of hydrogen-bond acceptors (Lipinski definition) is 1. The van der Waals surface area contributed by atoms with Gasteiger partial charge in [-0.25, -0.2) is 0 Å². The molecule has 2 rings (SSSR count). The highest BCUT2D eigenvalue weighted by molar-refractivity contribution is 5.59. The standard InChI is InChI=1S/C14H21N/c1-10-8-12(14(2,3)4)11-6-5-7-15-13(11)9-10/h8-9,15H,5-7H2,1-4H3. The second-order valence-electron chi connectivity index (χ2n) is 5.62. The summed E-state index contributed by atoms with van der Waals surface area (Å²) in [5.41, 5.74) is 6.05. The minimum absolute atomic E-state index is 0.259. The maximum absolute atomic E-state index is 3.52. The molecule has 1 N–H and O–H groups in total. The summed E-state index contributed by atoms with van der Waals surface area (Å²) >= 11 is 0. The van der Waals surface area contributed by atoms with Gasteiger partial charge in [-0.15, -0.1) is 0 Å². The van der Waals surface area contributed by atoms with Crippen LogP contribution in [0.2, 0.25) is 0 Å². The normalized spacial score (nSPS) is 15.7. The molecule has 0 saturated carbocycles. The quantitative estimate of drug-likeness (QED) is 0.678. The third kappa shape index (κ3) is 2.01. The van der Waals surface area contributed by atoms with Crippen molar-refractivity contribution in [2.75, 3.05) is 11.9 Å². The summed E-state index contributed by atoms with van der Waals surface area (Å²) in [6.07, 6.45) is 2.49. The molecule has 0 saturated heterocycles. The lowest BCUT2D eigenvalue weighted by atomic mass is 9.80. The van der Waals surface area contributed by atoms with Gasteiger partial charge in [-0.1, -0.05) is 26.8 Å². The Balaban J connectivity index is 2.58. The van der Waals surface area contributed by atoms with Crippen LogP contribution in [0.1, 0.15) is 43.9 Å². The SMILES string of the molecule is Cc1cc2c(c(C(C)(C)C)c1)CCCN2. The molecule has 0 radical (unpaired) electrons. The number of benzene rings is 1. The Morgan fingerprint density at radius 3 is 2.60 bits per heavy atom. The molecule has 0 aromatic heterocycles. The van der Waals surface area contributed by atoms with Crippen molar-refractivity contribution in [3.63, 3.8) is 0 Å². The minimum atomic E-state index is 0.259. The Morgan fingerprint density at radius 2 is 1.93 bits per heavy atom. The molecule has 0 bridgehead atoms. The average Bonchev–Trinajstić information content (AvgIpc) is 2.15. The smallest absolute Gasteiger partial charge is 0.0378 e. The van der Waals surface area contributed by atoms with Gasteiger partial charge >= 0.3 is 0 Å². The van der Waals surface area contributed by atoms with E-state index in [1.54, 1.807) is 5.56 Å². The van der Waals surface area contributed by atoms with Crippen molar-refractivity contribution < 1.29 is 0 Å². The highest BCUT2D eigenvalue weighted by Crippen LogP contribution is 2.34. The summed E-state index contributed by atoms with van der Waals surface area (Å²) in [5.74, 6) is 0. The molecule has 0 unspecified atom stereocenters. The van der Waals surface area contributed by atoms with E-state index in [1.807, 2.05) is 0 Å². The summed E-state index contributed by atoms with van der Waals surface area (Å²) in [6.45, 7) is 10.2. The van der Waals surface area contributed by atoms with Crippen molar-refractivity contribution >= 4 is 5.69 Å². The number of fused-ring (bicyclic) bond motifs is 1. The summed E-state index contributed by atoms with van der Waals surface area (Å²) < 4.78 is 0. The molecule has 1 nitrogen and oxygen atoms in total. The van der Waals surface area contributed by atoms with Gasteiger partial charge in [-0.05, 0) is 47.9 Å². The minimum Gasteiger partial charge on any atom is -0.385 e. The fourth-order valence-electron chi connectivity index (χ4n) is 2.40. The van der Waals surface area contributed by atoms with Crippen LogP contribution >= 0.6 is 0 Å². The molecule has 0 fully saturated rings. The fourth-order valence-corrected chi connectivity index (χ4v) is 2.40. The molecule has 0 atom stereocenters. The number of rotatable bonds is 0. The van der Waals surface area contributed by atoms with Crippen molar-refractivity contribution in [3.8, 4) is 0 Å². The first kappa shape index (κ1) is 10.5. The Hall–Kier alpha value is -0.980. The second-order valence-corrected chi connectivity index (χ2v) is 5.62. The van der Waals surface area contributed by atoms with Gasteiger partial charge in [-0.2, -0.15) is 0 Å². The zero-order chi connectivity index (χ0) is 11.1. The molecule has 1 heterocycles. The fraction of sp³-hybridized carbons (Fsp3) is 0.571. The maximum atomic E-state index is 3.52. The lowest BCUT2D eigenvalue weighted by Gasteiger charge is -2.28. The van der Waals surface area contributed by atoms with Gasteiger partial charge in [0.25, 0.3) is 0 Å². The molecule has 1 aromatic rings. The van der Waals surface area contributed by atoms with E-state index in [0.29, 0.717) is 0 Å². The Morgan fingerprint density at radius 1 is 1.20 bits per heavy atom. The van der Waals surface area contributed by atoms with E-state index < -0.39 is 0 Å². The average molecular weight is 203 g/mol.